The normalized spacial score (nSPS) is 10.8. The molecule has 0 atom stereocenters. The minimum absolute atomic E-state index is 0.730. The zero-order chi connectivity index (χ0) is 13.5. The van der Waals surface area contributed by atoms with E-state index in [4.69, 9.17) is 16.3 Å². The molecule has 2 rings (SSSR count). The second-order valence-electron chi connectivity index (χ2n) is 4.22. The van der Waals surface area contributed by atoms with Crippen LogP contribution >= 0.6 is 11.6 Å². The van der Waals surface area contributed by atoms with Crippen LogP contribution in [0.25, 0.3) is 11.3 Å². The first-order chi connectivity index (χ1) is 9.31. The summed E-state index contributed by atoms with van der Waals surface area (Å²) in [6, 6.07) is 7.80. The molecule has 1 aromatic heterocycles. The maximum atomic E-state index is 5.90. The number of halogens is 1. The number of aromatic nitrogens is 2. The summed E-state index contributed by atoms with van der Waals surface area (Å²) in [5.74, 6) is 0. The third-order valence-electron chi connectivity index (χ3n) is 2.86. The quantitative estimate of drug-likeness (QED) is 0.791. The average molecular weight is 280 g/mol. The van der Waals surface area contributed by atoms with Crippen LogP contribution in [-0.4, -0.2) is 36.4 Å². The Bertz CT molecular complexity index is 496. The van der Waals surface area contributed by atoms with Crippen LogP contribution in [-0.2, 0) is 11.3 Å². The maximum absolute atomic E-state index is 5.90. The molecule has 0 fully saturated rings. The fraction of sp³-hybridized carbons (Fsp3) is 0.357. The number of hydrogen-bond acceptors (Lipinski definition) is 3. The first-order valence-electron chi connectivity index (χ1n) is 6.27. The lowest BCUT2D eigenvalue weighted by atomic mass is 10.2. The molecular formula is C14H18ClN3O. The third kappa shape index (κ3) is 4.06. The van der Waals surface area contributed by atoms with Gasteiger partial charge in [0.15, 0.2) is 0 Å². The molecule has 0 radical (unpaired) electrons. The summed E-state index contributed by atoms with van der Waals surface area (Å²) in [6.07, 6.45) is 3.72. The van der Waals surface area contributed by atoms with Gasteiger partial charge in [-0.2, -0.15) is 0 Å². The molecule has 102 valence electrons. The summed E-state index contributed by atoms with van der Waals surface area (Å²) >= 11 is 5.90. The van der Waals surface area contributed by atoms with E-state index in [2.05, 4.69) is 14.9 Å². The summed E-state index contributed by atoms with van der Waals surface area (Å²) < 4.78 is 7.12. The van der Waals surface area contributed by atoms with Crippen LogP contribution in [0.3, 0.4) is 0 Å². The van der Waals surface area contributed by atoms with Gasteiger partial charge in [0.05, 0.1) is 24.8 Å². The number of imidazole rings is 1. The predicted molar refractivity (Wildman–Crippen MR) is 77.4 cm³/mol. The Labute approximate surface area is 118 Å². The van der Waals surface area contributed by atoms with Crippen molar-refractivity contribution in [3.05, 3.63) is 41.8 Å². The number of nitrogens with zero attached hydrogens (tertiary/aromatic N) is 2. The van der Waals surface area contributed by atoms with E-state index in [9.17, 15) is 0 Å². The lowest BCUT2D eigenvalue weighted by Crippen LogP contribution is -2.23. The van der Waals surface area contributed by atoms with Crippen LogP contribution in [0.15, 0.2) is 36.8 Å². The molecule has 0 unspecified atom stereocenters. The standard InChI is InChI=1S/C14H18ClN3O/c1-19-9-7-16-6-8-18-11-17-10-14(18)12-2-4-13(15)5-3-12/h2-5,10-11,16H,6-9H2,1H3. The van der Waals surface area contributed by atoms with Crippen LogP contribution in [0.4, 0.5) is 0 Å². The Morgan fingerprint density at radius 2 is 2.05 bits per heavy atom. The summed E-state index contributed by atoms with van der Waals surface area (Å²) in [7, 11) is 1.70. The molecule has 0 aliphatic carbocycles. The monoisotopic (exact) mass is 279 g/mol. The molecule has 0 saturated heterocycles. The van der Waals surface area contributed by atoms with Gasteiger partial charge in [0.1, 0.15) is 0 Å². The first kappa shape index (κ1) is 14.1. The van der Waals surface area contributed by atoms with Gasteiger partial charge >= 0.3 is 0 Å². The number of nitrogens with one attached hydrogen (secondary N) is 1. The van der Waals surface area contributed by atoms with Crippen molar-refractivity contribution in [3.63, 3.8) is 0 Å². The molecule has 1 heterocycles. The van der Waals surface area contributed by atoms with E-state index < -0.39 is 0 Å². The van der Waals surface area contributed by atoms with Crippen molar-refractivity contribution in [2.45, 2.75) is 6.54 Å². The van der Waals surface area contributed by atoms with Gasteiger partial charge < -0.3 is 14.6 Å². The van der Waals surface area contributed by atoms with Crippen molar-refractivity contribution >= 4 is 11.6 Å². The molecule has 0 saturated carbocycles. The van der Waals surface area contributed by atoms with Crippen molar-refractivity contribution in [1.29, 1.82) is 0 Å². The minimum atomic E-state index is 0.730. The Morgan fingerprint density at radius 3 is 2.79 bits per heavy atom. The lowest BCUT2D eigenvalue weighted by Gasteiger charge is -2.09. The molecule has 0 bridgehead atoms. The van der Waals surface area contributed by atoms with E-state index in [-0.39, 0.29) is 0 Å². The van der Waals surface area contributed by atoms with Crippen LogP contribution in [0, 0.1) is 0 Å². The number of hydrogen-bond donors (Lipinski definition) is 1. The Hall–Kier alpha value is -1.36. The summed E-state index contributed by atoms with van der Waals surface area (Å²) in [5, 5.41) is 4.06. The van der Waals surface area contributed by atoms with Gasteiger partial charge in [-0.15, -0.1) is 0 Å². The number of rotatable bonds is 7. The van der Waals surface area contributed by atoms with E-state index in [1.165, 1.54) is 0 Å². The molecule has 0 aliphatic heterocycles. The van der Waals surface area contributed by atoms with Gasteiger partial charge in [0.25, 0.3) is 0 Å². The highest BCUT2D eigenvalue weighted by molar-refractivity contribution is 6.30. The van der Waals surface area contributed by atoms with Crippen molar-refractivity contribution in [2.75, 3.05) is 26.8 Å². The number of ether oxygens (including phenoxy) is 1. The van der Waals surface area contributed by atoms with Gasteiger partial charge in [-0.1, -0.05) is 23.7 Å². The number of methoxy groups -OCH3 is 1. The molecule has 0 spiro atoms. The highest BCUT2D eigenvalue weighted by atomic mass is 35.5. The van der Waals surface area contributed by atoms with E-state index in [0.717, 1.165) is 42.5 Å². The second-order valence-corrected chi connectivity index (χ2v) is 4.66. The van der Waals surface area contributed by atoms with Crippen molar-refractivity contribution < 1.29 is 4.74 Å². The molecule has 1 N–H and O–H groups in total. The van der Waals surface area contributed by atoms with E-state index in [1.54, 1.807) is 7.11 Å². The van der Waals surface area contributed by atoms with Gasteiger partial charge in [0.2, 0.25) is 0 Å². The third-order valence-corrected chi connectivity index (χ3v) is 3.12. The predicted octanol–water partition coefficient (Wildman–Crippen LogP) is 2.44. The highest BCUT2D eigenvalue weighted by Gasteiger charge is 2.04. The molecule has 0 amide bonds. The molecule has 0 aliphatic rings. The zero-order valence-electron chi connectivity index (χ0n) is 11.0. The van der Waals surface area contributed by atoms with Gasteiger partial charge in [0, 0.05) is 31.8 Å². The summed E-state index contributed by atoms with van der Waals surface area (Å²) in [6.45, 7) is 3.36. The minimum Gasteiger partial charge on any atom is -0.383 e. The smallest absolute Gasteiger partial charge is 0.0951 e. The average Bonchev–Trinajstić information content (AvgIpc) is 2.88. The van der Waals surface area contributed by atoms with Crippen molar-refractivity contribution in [1.82, 2.24) is 14.9 Å². The van der Waals surface area contributed by atoms with Gasteiger partial charge in [-0.05, 0) is 17.7 Å². The van der Waals surface area contributed by atoms with Crippen molar-refractivity contribution in [2.24, 2.45) is 0 Å². The SMILES string of the molecule is COCCNCCn1cncc1-c1ccc(Cl)cc1. The molecule has 19 heavy (non-hydrogen) atoms. The van der Waals surface area contributed by atoms with E-state index in [1.807, 2.05) is 36.8 Å². The molecular weight excluding hydrogens is 262 g/mol. The van der Waals surface area contributed by atoms with Gasteiger partial charge in [-0.3, -0.25) is 0 Å². The molecule has 2 aromatic rings. The summed E-state index contributed by atoms with van der Waals surface area (Å²) in [4.78, 5) is 4.21. The Kier molecular flexibility index (Phi) is 5.39. The molecule has 1 aromatic carbocycles. The van der Waals surface area contributed by atoms with Crippen LogP contribution < -0.4 is 5.32 Å². The first-order valence-corrected chi connectivity index (χ1v) is 6.65. The zero-order valence-corrected chi connectivity index (χ0v) is 11.7. The van der Waals surface area contributed by atoms with Crippen LogP contribution in [0.5, 0.6) is 0 Å². The second kappa shape index (κ2) is 7.28. The lowest BCUT2D eigenvalue weighted by molar-refractivity contribution is 0.199. The molecule has 5 heteroatoms. The number of benzene rings is 1. The fourth-order valence-corrected chi connectivity index (χ4v) is 1.98. The van der Waals surface area contributed by atoms with E-state index >= 15 is 0 Å². The topological polar surface area (TPSA) is 39.1 Å². The van der Waals surface area contributed by atoms with Crippen molar-refractivity contribution in [3.8, 4) is 11.3 Å². The van der Waals surface area contributed by atoms with Crippen LogP contribution in [0.2, 0.25) is 5.02 Å². The largest absolute Gasteiger partial charge is 0.383 e. The Balaban J connectivity index is 1.96. The summed E-state index contributed by atoms with van der Waals surface area (Å²) in [5.41, 5.74) is 2.23. The van der Waals surface area contributed by atoms with Crippen LogP contribution in [0.1, 0.15) is 0 Å². The Morgan fingerprint density at radius 1 is 1.26 bits per heavy atom. The maximum Gasteiger partial charge on any atom is 0.0951 e. The van der Waals surface area contributed by atoms with Gasteiger partial charge in [-0.25, -0.2) is 4.98 Å². The molecule has 4 nitrogen and oxygen atoms in total. The fourth-order valence-electron chi connectivity index (χ4n) is 1.86. The van der Waals surface area contributed by atoms with E-state index in [0.29, 0.717) is 0 Å². The highest BCUT2D eigenvalue weighted by Crippen LogP contribution is 2.20.